The minimum Gasteiger partial charge on any atom is -0.456 e. The molecule has 0 fully saturated rings. The summed E-state index contributed by atoms with van der Waals surface area (Å²) in [6, 6.07) is 31.8. The van der Waals surface area contributed by atoms with Gasteiger partial charge in [0.15, 0.2) is 0 Å². The summed E-state index contributed by atoms with van der Waals surface area (Å²) in [5, 5.41) is 4.70. The summed E-state index contributed by atoms with van der Waals surface area (Å²) < 4.78 is 9.41. The zero-order chi connectivity index (χ0) is 21.9. The predicted octanol–water partition coefficient (Wildman–Crippen LogP) is 8.51. The molecule has 3 nitrogen and oxygen atoms in total. The molecule has 0 aliphatic rings. The van der Waals surface area contributed by atoms with Crippen molar-refractivity contribution in [2.24, 2.45) is 0 Å². The lowest BCUT2D eigenvalue weighted by atomic mass is 10.0. The fourth-order valence-corrected chi connectivity index (χ4v) is 5.44. The van der Waals surface area contributed by atoms with E-state index in [1.54, 1.807) is 0 Å². The molecule has 7 aromatic rings. The average Bonchev–Trinajstić information content (AvgIpc) is 3.40. The number of pyridine rings is 1. The van der Waals surface area contributed by atoms with Crippen molar-refractivity contribution in [1.82, 2.24) is 9.55 Å². The largest absolute Gasteiger partial charge is 0.456 e. The lowest BCUT2D eigenvalue weighted by molar-refractivity contribution is 0.669. The Labute approximate surface area is 198 Å². The number of furan rings is 1. The maximum atomic E-state index is 6.07. The molecule has 0 unspecified atom stereocenters. The van der Waals surface area contributed by atoms with Gasteiger partial charge in [0.25, 0.3) is 0 Å². The summed E-state index contributed by atoms with van der Waals surface area (Å²) in [7, 11) is 0. The number of fused-ring (bicyclic) bond motifs is 6. The van der Waals surface area contributed by atoms with Crippen LogP contribution in [0.25, 0.3) is 60.6 Å². The highest BCUT2D eigenvalue weighted by atomic mass is 79.9. The third-order valence-electron chi connectivity index (χ3n) is 6.36. The van der Waals surface area contributed by atoms with Crippen molar-refractivity contribution in [3.05, 3.63) is 108 Å². The van der Waals surface area contributed by atoms with E-state index in [9.17, 15) is 0 Å². The molecule has 0 amide bonds. The first-order valence-electron chi connectivity index (χ1n) is 10.8. The fraction of sp³-hybridized carbons (Fsp3) is 0. The number of hydrogen-bond donors (Lipinski definition) is 0. The molecule has 4 aromatic carbocycles. The van der Waals surface area contributed by atoms with Crippen molar-refractivity contribution in [1.29, 1.82) is 0 Å². The maximum absolute atomic E-state index is 6.07. The Hall–Kier alpha value is -3.89. The van der Waals surface area contributed by atoms with Crippen LogP contribution < -0.4 is 0 Å². The van der Waals surface area contributed by atoms with Crippen LogP contribution in [-0.4, -0.2) is 9.55 Å². The van der Waals surface area contributed by atoms with E-state index in [4.69, 9.17) is 4.42 Å². The van der Waals surface area contributed by atoms with E-state index in [2.05, 4.69) is 98.3 Å². The van der Waals surface area contributed by atoms with E-state index >= 15 is 0 Å². The third-order valence-corrected chi connectivity index (χ3v) is 7.02. The van der Waals surface area contributed by atoms with Gasteiger partial charge in [-0.15, -0.1) is 0 Å². The van der Waals surface area contributed by atoms with Crippen molar-refractivity contribution in [2.45, 2.75) is 0 Å². The quantitative estimate of drug-likeness (QED) is 0.244. The lowest BCUT2D eigenvalue weighted by Gasteiger charge is -2.08. The number of hydrogen-bond acceptors (Lipinski definition) is 2. The van der Waals surface area contributed by atoms with Crippen molar-refractivity contribution in [2.75, 3.05) is 0 Å². The van der Waals surface area contributed by atoms with Crippen LogP contribution in [0.4, 0.5) is 0 Å². The van der Waals surface area contributed by atoms with Crippen molar-refractivity contribution in [3.8, 4) is 16.8 Å². The fourth-order valence-electron chi connectivity index (χ4n) is 4.88. The minimum absolute atomic E-state index is 0.892. The summed E-state index contributed by atoms with van der Waals surface area (Å²) in [5.74, 6) is 0. The monoisotopic (exact) mass is 488 g/mol. The first-order valence-corrected chi connectivity index (χ1v) is 11.6. The molecule has 0 saturated heterocycles. The van der Waals surface area contributed by atoms with Gasteiger partial charge < -0.3 is 8.98 Å². The number of aromatic nitrogens is 2. The lowest BCUT2D eigenvalue weighted by Crippen LogP contribution is -1.94. The molecule has 3 heterocycles. The summed E-state index contributed by atoms with van der Waals surface area (Å²) >= 11 is 3.70. The highest BCUT2D eigenvalue weighted by Crippen LogP contribution is 2.38. The van der Waals surface area contributed by atoms with Gasteiger partial charge in [-0.1, -0.05) is 58.4 Å². The molecule has 33 heavy (non-hydrogen) atoms. The summed E-state index contributed by atoms with van der Waals surface area (Å²) in [6.45, 7) is 0. The molecule has 0 atom stereocenters. The Morgan fingerprint density at radius 2 is 1.52 bits per heavy atom. The van der Waals surface area contributed by atoms with E-state index in [0.29, 0.717) is 0 Å². The van der Waals surface area contributed by atoms with Crippen LogP contribution in [0, 0.1) is 0 Å². The van der Waals surface area contributed by atoms with Gasteiger partial charge >= 0.3 is 0 Å². The Morgan fingerprint density at radius 3 is 2.42 bits per heavy atom. The van der Waals surface area contributed by atoms with Gasteiger partial charge in [-0.2, -0.15) is 0 Å². The maximum Gasteiger partial charge on any atom is 0.136 e. The van der Waals surface area contributed by atoms with E-state index < -0.39 is 0 Å². The average molecular weight is 489 g/mol. The summed E-state index contributed by atoms with van der Waals surface area (Å²) in [5.41, 5.74) is 7.51. The second-order valence-electron chi connectivity index (χ2n) is 8.22. The number of halogens is 1. The molecule has 0 aliphatic heterocycles. The third kappa shape index (κ3) is 2.77. The minimum atomic E-state index is 0.892. The van der Waals surface area contributed by atoms with Gasteiger partial charge in [-0.3, -0.25) is 4.98 Å². The van der Waals surface area contributed by atoms with Gasteiger partial charge in [0.05, 0.1) is 22.9 Å². The number of rotatable bonds is 2. The van der Waals surface area contributed by atoms with Crippen molar-refractivity contribution in [3.63, 3.8) is 0 Å². The first-order chi connectivity index (χ1) is 16.3. The standard InChI is InChI=1S/C29H17BrN2O/c30-24-7-3-9-28-29(24)23-15-18(11-13-27(23)33-28)19-10-12-22-21-6-1-2-8-25(21)32(26(22)16-19)20-5-4-14-31-17-20/h1-17H. The van der Waals surface area contributed by atoms with Crippen molar-refractivity contribution >= 4 is 59.7 Å². The van der Waals surface area contributed by atoms with Gasteiger partial charge in [0.1, 0.15) is 11.2 Å². The van der Waals surface area contributed by atoms with Crippen LogP contribution in [0.3, 0.4) is 0 Å². The Balaban J connectivity index is 1.51. The molecule has 3 aromatic heterocycles. The molecular formula is C29H17BrN2O. The zero-order valence-corrected chi connectivity index (χ0v) is 19.1. The molecular weight excluding hydrogens is 472 g/mol. The molecule has 0 spiro atoms. The Kier molecular flexibility index (Phi) is 3.99. The molecule has 0 N–H and O–H groups in total. The second kappa shape index (κ2) is 7.06. The normalized spacial score (nSPS) is 11.8. The summed E-state index contributed by atoms with van der Waals surface area (Å²) in [6.07, 6.45) is 3.73. The van der Waals surface area contributed by atoms with Gasteiger partial charge in [-0.05, 0) is 59.7 Å². The van der Waals surface area contributed by atoms with E-state index in [1.165, 1.54) is 27.4 Å². The van der Waals surface area contributed by atoms with Crippen LogP contribution in [0.15, 0.2) is 112 Å². The number of para-hydroxylation sites is 1. The first kappa shape index (κ1) is 18.7. The Bertz CT molecular complexity index is 1830. The van der Waals surface area contributed by atoms with Crippen molar-refractivity contribution < 1.29 is 4.42 Å². The van der Waals surface area contributed by atoms with E-state index in [1.807, 2.05) is 30.6 Å². The zero-order valence-electron chi connectivity index (χ0n) is 17.5. The van der Waals surface area contributed by atoms with Gasteiger partial charge in [0, 0.05) is 32.2 Å². The molecule has 156 valence electrons. The van der Waals surface area contributed by atoms with E-state index in [0.717, 1.165) is 37.7 Å². The van der Waals surface area contributed by atoms with Crippen LogP contribution in [0.1, 0.15) is 0 Å². The highest BCUT2D eigenvalue weighted by molar-refractivity contribution is 9.10. The van der Waals surface area contributed by atoms with Crippen LogP contribution >= 0.6 is 15.9 Å². The molecule has 0 radical (unpaired) electrons. The second-order valence-corrected chi connectivity index (χ2v) is 9.08. The smallest absolute Gasteiger partial charge is 0.136 e. The Morgan fingerprint density at radius 1 is 0.667 bits per heavy atom. The molecule has 0 bridgehead atoms. The van der Waals surface area contributed by atoms with Gasteiger partial charge in [0.2, 0.25) is 0 Å². The molecule has 4 heteroatoms. The molecule has 0 saturated carbocycles. The van der Waals surface area contributed by atoms with Crippen LogP contribution in [0.2, 0.25) is 0 Å². The molecule has 0 aliphatic carbocycles. The van der Waals surface area contributed by atoms with Gasteiger partial charge in [-0.25, -0.2) is 0 Å². The number of benzene rings is 4. The summed E-state index contributed by atoms with van der Waals surface area (Å²) in [4.78, 5) is 4.36. The van der Waals surface area contributed by atoms with Crippen LogP contribution in [-0.2, 0) is 0 Å². The SMILES string of the molecule is Brc1cccc2oc3ccc(-c4ccc5c6ccccc6n(-c6cccnc6)c5c4)cc3c12. The molecule has 7 rings (SSSR count). The predicted molar refractivity (Wildman–Crippen MR) is 139 cm³/mol. The highest BCUT2D eigenvalue weighted by Gasteiger charge is 2.15. The topological polar surface area (TPSA) is 31.0 Å². The number of nitrogens with zero attached hydrogens (tertiary/aromatic N) is 2. The van der Waals surface area contributed by atoms with Crippen LogP contribution in [0.5, 0.6) is 0 Å². The van der Waals surface area contributed by atoms with E-state index in [-0.39, 0.29) is 0 Å².